The molecule has 1 aromatic carbocycles. The molecule has 2 amide bonds. The van der Waals surface area contributed by atoms with Crippen molar-refractivity contribution >= 4 is 11.8 Å². The Morgan fingerprint density at radius 2 is 2.17 bits per heavy atom. The highest BCUT2D eigenvalue weighted by molar-refractivity contribution is 5.85. The molecule has 1 aliphatic rings. The van der Waals surface area contributed by atoms with E-state index in [1.165, 1.54) is 6.07 Å². The fourth-order valence-corrected chi connectivity index (χ4v) is 3.16. The summed E-state index contributed by atoms with van der Waals surface area (Å²) < 4.78 is 19.5. The fraction of sp³-hybridized carbons (Fsp3) is 0.556. The number of benzene rings is 1. The number of amides is 2. The van der Waals surface area contributed by atoms with E-state index in [1.807, 2.05) is 6.92 Å². The van der Waals surface area contributed by atoms with Crippen molar-refractivity contribution in [2.45, 2.75) is 32.2 Å². The van der Waals surface area contributed by atoms with Gasteiger partial charge in [0.1, 0.15) is 5.82 Å². The standard InChI is InChI=1S/C18H25FN2O3/c1-3-10-20-18(23)14-8-9-16(22)21(11-12-24-2)17(14)13-6-4-5-7-15(13)19/h4-7,14,17H,3,8-12H2,1-2H3,(H,20,23)/t14-,17+/m1/s1. The topological polar surface area (TPSA) is 58.6 Å². The monoisotopic (exact) mass is 336 g/mol. The van der Waals surface area contributed by atoms with Crippen LogP contribution in [0.4, 0.5) is 4.39 Å². The van der Waals surface area contributed by atoms with Crippen molar-refractivity contribution in [3.05, 3.63) is 35.6 Å². The summed E-state index contributed by atoms with van der Waals surface area (Å²) in [6.45, 7) is 3.24. The first kappa shape index (κ1) is 18.4. The molecule has 1 aromatic rings. The van der Waals surface area contributed by atoms with Crippen molar-refractivity contribution in [1.29, 1.82) is 0 Å². The van der Waals surface area contributed by atoms with Crippen molar-refractivity contribution in [3.8, 4) is 0 Å². The Morgan fingerprint density at radius 1 is 1.42 bits per heavy atom. The zero-order valence-electron chi connectivity index (χ0n) is 14.3. The third kappa shape index (κ3) is 4.12. The predicted octanol–water partition coefficient (Wildman–Crippen LogP) is 2.28. The van der Waals surface area contributed by atoms with Gasteiger partial charge < -0.3 is 15.0 Å². The van der Waals surface area contributed by atoms with Crippen molar-refractivity contribution in [1.82, 2.24) is 10.2 Å². The van der Waals surface area contributed by atoms with Crippen LogP contribution >= 0.6 is 0 Å². The number of nitrogens with one attached hydrogen (secondary N) is 1. The van der Waals surface area contributed by atoms with Gasteiger partial charge in [0.15, 0.2) is 0 Å². The summed E-state index contributed by atoms with van der Waals surface area (Å²) in [6.07, 6.45) is 1.55. The molecule has 0 radical (unpaired) electrons. The summed E-state index contributed by atoms with van der Waals surface area (Å²) in [5, 5.41) is 2.88. The molecule has 24 heavy (non-hydrogen) atoms. The molecule has 1 aliphatic heterocycles. The lowest BCUT2D eigenvalue weighted by Gasteiger charge is -2.40. The van der Waals surface area contributed by atoms with Gasteiger partial charge in [-0.1, -0.05) is 25.1 Å². The van der Waals surface area contributed by atoms with E-state index in [-0.39, 0.29) is 11.8 Å². The van der Waals surface area contributed by atoms with E-state index in [1.54, 1.807) is 30.2 Å². The largest absolute Gasteiger partial charge is 0.383 e. The van der Waals surface area contributed by atoms with Crippen LogP contribution < -0.4 is 5.32 Å². The van der Waals surface area contributed by atoms with E-state index in [2.05, 4.69) is 5.32 Å². The van der Waals surface area contributed by atoms with E-state index in [4.69, 9.17) is 4.74 Å². The summed E-state index contributed by atoms with van der Waals surface area (Å²) in [4.78, 5) is 26.6. The van der Waals surface area contributed by atoms with Crippen LogP contribution in [0.25, 0.3) is 0 Å². The molecule has 1 saturated heterocycles. The number of hydrogen-bond acceptors (Lipinski definition) is 3. The Morgan fingerprint density at radius 3 is 2.83 bits per heavy atom. The van der Waals surface area contributed by atoms with Crippen molar-refractivity contribution in [3.63, 3.8) is 0 Å². The molecule has 1 N–H and O–H groups in total. The number of hydrogen-bond donors (Lipinski definition) is 1. The van der Waals surface area contributed by atoms with Gasteiger partial charge in [-0.2, -0.15) is 0 Å². The first-order valence-corrected chi connectivity index (χ1v) is 8.40. The van der Waals surface area contributed by atoms with Crippen molar-refractivity contribution in [2.75, 3.05) is 26.8 Å². The normalized spacial score (nSPS) is 21.0. The first-order chi connectivity index (χ1) is 11.6. The van der Waals surface area contributed by atoms with Gasteiger partial charge in [-0.15, -0.1) is 0 Å². The van der Waals surface area contributed by atoms with Gasteiger partial charge in [-0.3, -0.25) is 9.59 Å². The second kappa shape index (κ2) is 8.78. The lowest BCUT2D eigenvalue weighted by atomic mass is 9.83. The van der Waals surface area contributed by atoms with Gasteiger partial charge in [0.05, 0.1) is 18.6 Å². The Kier molecular flexibility index (Phi) is 6.73. The molecule has 132 valence electrons. The molecule has 0 saturated carbocycles. The minimum Gasteiger partial charge on any atom is -0.383 e. The molecule has 2 rings (SSSR count). The number of carbonyl (C=O) groups is 2. The predicted molar refractivity (Wildman–Crippen MR) is 88.8 cm³/mol. The molecule has 0 aromatic heterocycles. The maximum atomic E-state index is 14.4. The highest BCUT2D eigenvalue weighted by Crippen LogP contribution is 2.37. The summed E-state index contributed by atoms with van der Waals surface area (Å²) in [5.41, 5.74) is 0.387. The van der Waals surface area contributed by atoms with Crippen LogP contribution in [-0.4, -0.2) is 43.5 Å². The van der Waals surface area contributed by atoms with E-state index >= 15 is 0 Å². The van der Waals surface area contributed by atoms with E-state index < -0.39 is 17.8 Å². The summed E-state index contributed by atoms with van der Waals surface area (Å²) in [5.74, 6) is -1.05. The molecular formula is C18H25FN2O3. The van der Waals surface area contributed by atoms with E-state index in [0.717, 1.165) is 6.42 Å². The molecule has 1 fully saturated rings. The molecular weight excluding hydrogens is 311 g/mol. The number of ether oxygens (including phenoxy) is 1. The SMILES string of the molecule is CCCNC(=O)[C@@H]1CCC(=O)N(CCOC)[C@H]1c1ccccc1F. The Labute approximate surface area is 142 Å². The molecule has 1 heterocycles. The first-order valence-electron chi connectivity index (χ1n) is 8.40. The van der Waals surface area contributed by atoms with Crippen molar-refractivity contribution in [2.24, 2.45) is 5.92 Å². The number of halogens is 1. The molecule has 0 bridgehead atoms. The average Bonchev–Trinajstić information content (AvgIpc) is 2.59. The number of methoxy groups -OCH3 is 1. The summed E-state index contributed by atoms with van der Waals surface area (Å²) in [6, 6.07) is 5.75. The molecule has 5 nitrogen and oxygen atoms in total. The number of piperidine rings is 1. The number of rotatable bonds is 7. The van der Waals surface area contributed by atoms with Crippen LogP contribution in [0, 0.1) is 11.7 Å². The summed E-state index contributed by atoms with van der Waals surface area (Å²) >= 11 is 0. The fourth-order valence-electron chi connectivity index (χ4n) is 3.16. The van der Waals surface area contributed by atoms with Crippen LogP contribution in [0.3, 0.4) is 0 Å². The third-order valence-electron chi connectivity index (χ3n) is 4.35. The number of carbonyl (C=O) groups excluding carboxylic acids is 2. The van der Waals surface area contributed by atoms with Crippen LogP contribution in [0.15, 0.2) is 24.3 Å². The van der Waals surface area contributed by atoms with Crippen LogP contribution in [0.2, 0.25) is 0 Å². The van der Waals surface area contributed by atoms with Crippen LogP contribution in [0.5, 0.6) is 0 Å². The maximum absolute atomic E-state index is 14.4. The minimum atomic E-state index is -0.598. The maximum Gasteiger partial charge on any atom is 0.225 e. The van der Waals surface area contributed by atoms with Gasteiger partial charge in [0.2, 0.25) is 11.8 Å². The quantitative estimate of drug-likeness (QED) is 0.831. The van der Waals surface area contributed by atoms with Crippen LogP contribution in [-0.2, 0) is 14.3 Å². The summed E-state index contributed by atoms with van der Waals surface area (Å²) in [7, 11) is 1.55. The zero-order chi connectivity index (χ0) is 17.5. The van der Waals surface area contributed by atoms with Gasteiger partial charge in [-0.25, -0.2) is 4.39 Å². The van der Waals surface area contributed by atoms with Gasteiger partial charge in [-0.05, 0) is 18.9 Å². The minimum absolute atomic E-state index is 0.0696. The van der Waals surface area contributed by atoms with Crippen molar-refractivity contribution < 1.29 is 18.7 Å². The van der Waals surface area contributed by atoms with E-state index in [9.17, 15) is 14.0 Å². The molecule has 0 spiro atoms. The zero-order valence-corrected chi connectivity index (χ0v) is 14.3. The average molecular weight is 336 g/mol. The van der Waals surface area contributed by atoms with Gasteiger partial charge >= 0.3 is 0 Å². The lowest BCUT2D eigenvalue weighted by Crippen LogP contribution is -2.49. The molecule has 0 aliphatic carbocycles. The molecule has 0 unspecified atom stereocenters. The Balaban J connectivity index is 2.36. The third-order valence-corrected chi connectivity index (χ3v) is 4.35. The van der Waals surface area contributed by atoms with Gasteiger partial charge in [0, 0.05) is 32.2 Å². The second-order valence-corrected chi connectivity index (χ2v) is 5.98. The second-order valence-electron chi connectivity index (χ2n) is 5.98. The number of likely N-dealkylation sites (tertiary alicyclic amines) is 1. The molecule has 6 heteroatoms. The van der Waals surface area contributed by atoms with Gasteiger partial charge in [0.25, 0.3) is 0 Å². The van der Waals surface area contributed by atoms with E-state index in [0.29, 0.717) is 38.1 Å². The number of nitrogens with zero attached hydrogens (tertiary/aromatic N) is 1. The smallest absolute Gasteiger partial charge is 0.225 e. The highest BCUT2D eigenvalue weighted by Gasteiger charge is 2.41. The lowest BCUT2D eigenvalue weighted by molar-refractivity contribution is -0.144. The molecule has 2 atom stereocenters. The highest BCUT2D eigenvalue weighted by atomic mass is 19.1. The Hall–Kier alpha value is -1.95. The Bertz CT molecular complexity index is 579. The van der Waals surface area contributed by atoms with Crippen LogP contribution in [0.1, 0.15) is 37.8 Å².